The number of carbonyl (C=O) groups is 3. The Bertz CT molecular complexity index is 1150. The number of rotatable bonds is 7. The van der Waals surface area contributed by atoms with Gasteiger partial charge in [-0.25, -0.2) is 4.79 Å². The van der Waals surface area contributed by atoms with Gasteiger partial charge < -0.3 is 20.5 Å². The Labute approximate surface area is 182 Å². The van der Waals surface area contributed by atoms with Crippen LogP contribution < -0.4 is 15.8 Å². The zero-order valence-corrected chi connectivity index (χ0v) is 18.3. The van der Waals surface area contributed by atoms with Crippen molar-refractivity contribution in [3.63, 3.8) is 0 Å². The van der Waals surface area contributed by atoms with Crippen molar-refractivity contribution in [1.82, 2.24) is 10.2 Å². The number of carbonyl (C=O) groups excluding carboxylic acids is 3. The zero-order valence-electron chi connectivity index (χ0n) is 17.4. The first-order valence-electron chi connectivity index (χ1n) is 9.36. The molecule has 0 atom stereocenters. The van der Waals surface area contributed by atoms with E-state index in [1.807, 2.05) is 12.1 Å². The summed E-state index contributed by atoms with van der Waals surface area (Å²) in [6.07, 6.45) is -0.370. The van der Waals surface area contributed by atoms with E-state index in [1.165, 1.54) is 0 Å². The molecule has 0 unspecified atom stereocenters. The number of amides is 2. The van der Waals surface area contributed by atoms with Crippen LogP contribution in [0.25, 0.3) is 11.3 Å². The van der Waals surface area contributed by atoms with Gasteiger partial charge in [0.25, 0.3) is 11.8 Å². The third-order valence-electron chi connectivity index (χ3n) is 4.33. The van der Waals surface area contributed by atoms with Gasteiger partial charge in [0.05, 0.1) is 29.3 Å². The summed E-state index contributed by atoms with van der Waals surface area (Å²) in [4.78, 5) is 37.3. The number of aromatic nitrogens is 2. The summed E-state index contributed by atoms with van der Waals surface area (Å²) in [6, 6.07) is 8.82. The van der Waals surface area contributed by atoms with Crippen LogP contribution in [0.1, 0.15) is 49.9 Å². The Hall–Kier alpha value is -3.66. The number of aromatic amines is 1. The maximum absolute atomic E-state index is 12.8. The summed E-state index contributed by atoms with van der Waals surface area (Å²) in [6.45, 7) is 5.00. The fourth-order valence-corrected chi connectivity index (χ4v) is 3.94. The van der Waals surface area contributed by atoms with Crippen molar-refractivity contribution in [3.05, 3.63) is 52.0 Å². The highest BCUT2D eigenvalue weighted by atomic mass is 32.1. The number of methoxy groups -OCH3 is 1. The highest BCUT2D eigenvalue weighted by molar-refractivity contribution is 7.18. The van der Waals surface area contributed by atoms with Gasteiger partial charge >= 0.3 is 5.97 Å². The first-order valence-corrected chi connectivity index (χ1v) is 10.2. The third kappa shape index (κ3) is 4.75. The molecule has 10 heteroatoms. The Morgan fingerprint density at radius 1 is 1.23 bits per heavy atom. The number of esters is 1. The molecule has 31 heavy (non-hydrogen) atoms. The van der Waals surface area contributed by atoms with Crippen LogP contribution in [-0.4, -0.2) is 41.2 Å². The maximum atomic E-state index is 12.8. The van der Waals surface area contributed by atoms with Crippen molar-refractivity contribution in [3.8, 4) is 17.0 Å². The zero-order chi connectivity index (χ0) is 22.7. The number of nitrogens with two attached hydrogens (primary N) is 1. The van der Waals surface area contributed by atoms with Crippen molar-refractivity contribution >= 4 is 34.1 Å². The molecule has 0 bridgehead atoms. The lowest BCUT2D eigenvalue weighted by atomic mass is 10.1. The number of anilines is 1. The SMILES string of the molecule is COc1cccc(-c2cc(C(=O)Nc3sc(C(N)=O)c(C)c3C(=O)OC(C)C)[nH]n2)c1. The van der Waals surface area contributed by atoms with Crippen LogP contribution in [0.2, 0.25) is 0 Å². The fourth-order valence-electron chi connectivity index (χ4n) is 2.89. The molecule has 2 aromatic heterocycles. The Morgan fingerprint density at radius 2 is 1.97 bits per heavy atom. The minimum atomic E-state index is -0.691. The minimum absolute atomic E-state index is 0.105. The first-order chi connectivity index (χ1) is 14.7. The lowest BCUT2D eigenvalue weighted by Gasteiger charge is -2.10. The van der Waals surface area contributed by atoms with Gasteiger partial charge in [0, 0.05) is 5.56 Å². The molecular formula is C21H22N4O5S. The van der Waals surface area contributed by atoms with Crippen molar-refractivity contribution in [2.24, 2.45) is 5.73 Å². The molecule has 3 aromatic rings. The fraction of sp³-hybridized carbons (Fsp3) is 0.238. The predicted molar refractivity (Wildman–Crippen MR) is 117 cm³/mol. The summed E-state index contributed by atoms with van der Waals surface area (Å²) >= 11 is 0.923. The summed E-state index contributed by atoms with van der Waals surface area (Å²) in [5, 5.41) is 9.69. The number of hydrogen-bond acceptors (Lipinski definition) is 7. The average Bonchev–Trinajstić information content (AvgIpc) is 3.32. The van der Waals surface area contributed by atoms with Gasteiger partial charge in [-0.05, 0) is 44.5 Å². The molecule has 1 aromatic carbocycles. The molecule has 0 aliphatic rings. The van der Waals surface area contributed by atoms with Crippen LogP contribution in [0.3, 0.4) is 0 Å². The average molecular weight is 442 g/mol. The largest absolute Gasteiger partial charge is 0.497 e. The molecule has 0 aliphatic carbocycles. The van der Waals surface area contributed by atoms with Gasteiger partial charge in [-0.1, -0.05) is 12.1 Å². The molecule has 2 heterocycles. The van der Waals surface area contributed by atoms with E-state index in [0.717, 1.165) is 16.9 Å². The molecule has 0 radical (unpaired) electrons. The Kier molecular flexibility index (Phi) is 6.40. The molecule has 0 saturated carbocycles. The van der Waals surface area contributed by atoms with E-state index in [4.69, 9.17) is 15.2 Å². The van der Waals surface area contributed by atoms with E-state index < -0.39 is 17.8 Å². The Morgan fingerprint density at radius 3 is 2.61 bits per heavy atom. The number of benzene rings is 1. The van der Waals surface area contributed by atoms with E-state index in [1.54, 1.807) is 46.1 Å². The summed E-state index contributed by atoms with van der Waals surface area (Å²) < 4.78 is 10.5. The van der Waals surface area contributed by atoms with E-state index in [0.29, 0.717) is 17.0 Å². The quantitative estimate of drug-likeness (QED) is 0.480. The molecular weight excluding hydrogens is 420 g/mol. The van der Waals surface area contributed by atoms with E-state index in [9.17, 15) is 14.4 Å². The minimum Gasteiger partial charge on any atom is -0.497 e. The van der Waals surface area contributed by atoms with Crippen molar-refractivity contribution in [2.45, 2.75) is 26.9 Å². The normalized spacial score (nSPS) is 10.7. The number of nitrogens with one attached hydrogen (secondary N) is 2. The Balaban J connectivity index is 1.89. The molecule has 0 spiro atoms. The molecule has 3 rings (SSSR count). The maximum Gasteiger partial charge on any atom is 0.341 e. The standard InChI is InChI=1S/C21H22N4O5S/c1-10(2)30-21(28)16-11(3)17(18(22)26)31-20(16)23-19(27)15-9-14(24-25-15)12-6-5-7-13(8-12)29-4/h5-10H,1-4H3,(H2,22,26)(H,23,27)(H,24,25). The number of nitrogens with zero attached hydrogens (tertiary/aromatic N) is 1. The second kappa shape index (κ2) is 9.00. The summed E-state index contributed by atoms with van der Waals surface area (Å²) in [5.74, 6) is -1.21. The van der Waals surface area contributed by atoms with Crippen LogP contribution in [0, 0.1) is 6.92 Å². The number of thiophene rings is 1. The second-order valence-electron chi connectivity index (χ2n) is 6.93. The van der Waals surface area contributed by atoms with E-state index in [2.05, 4.69) is 15.5 Å². The highest BCUT2D eigenvalue weighted by Gasteiger charge is 2.27. The first kappa shape index (κ1) is 22.0. The predicted octanol–water partition coefficient (Wildman–Crippen LogP) is 3.37. The van der Waals surface area contributed by atoms with Crippen LogP contribution in [0.15, 0.2) is 30.3 Å². The van der Waals surface area contributed by atoms with Gasteiger partial charge in [0.15, 0.2) is 0 Å². The lowest BCUT2D eigenvalue weighted by molar-refractivity contribution is 0.0379. The van der Waals surface area contributed by atoms with Crippen molar-refractivity contribution < 1.29 is 23.9 Å². The van der Waals surface area contributed by atoms with Crippen molar-refractivity contribution in [1.29, 1.82) is 0 Å². The van der Waals surface area contributed by atoms with E-state index in [-0.39, 0.29) is 27.2 Å². The van der Waals surface area contributed by atoms with Gasteiger partial charge in [0.1, 0.15) is 16.4 Å². The summed E-state index contributed by atoms with van der Waals surface area (Å²) in [7, 11) is 1.56. The number of ether oxygens (including phenoxy) is 2. The van der Waals surface area contributed by atoms with Gasteiger partial charge in [-0.3, -0.25) is 14.7 Å². The van der Waals surface area contributed by atoms with Crippen LogP contribution in [0.5, 0.6) is 5.75 Å². The van der Waals surface area contributed by atoms with E-state index >= 15 is 0 Å². The summed E-state index contributed by atoms with van der Waals surface area (Å²) in [5.41, 5.74) is 7.36. The smallest absolute Gasteiger partial charge is 0.341 e. The van der Waals surface area contributed by atoms with Gasteiger partial charge in [-0.2, -0.15) is 5.10 Å². The molecule has 4 N–H and O–H groups in total. The van der Waals surface area contributed by atoms with Crippen LogP contribution >= 0.6 is 11.3 Å². The third-order valence-corrected chi connectivity index (χ3v) is 5.55. The molecule has 0 aliphatic heterocycles. The topological polar surface area (TPSA) is 136 Å². The molecule has 162 valence electrons. The van der Waals surface area contributed by atoms with Crippen molar-refractivity contribution in [2.75, 3.05) is 12.4 Å². The highest BCUT2D eigenvalue weighted by Crippen LogP contribution is 2.34. The molecule has 2 amide bonds. The monoisotopic (exact) mass is 442 g/mol. The number of H-pyrrole nitrogens is 1. The van der Waals surface area contributed by atoms with Gasteiger partial charge in [0.2, 0.25) is 0 Å². The molecule has 0 saturated heterocycles. The second-order valence-corrected chi connectivity index (χ2v) is 7.95. The lowest BCUT2D eigenvalue weighted by Crippen LogP contribution is -2.17. The van der Waals surface area contributed by atoms with Crippen LogP contribution in [0.4, 0.5) is 5.00 Å². The number of hydrogen-bond donors (Lipinski definition) is 3. The molecule has 0 fully saturated rings. The molecule has 9 nitrogen and oxygen atoms in total. The van der Waals surface area contributed by atoms with Gasteiger partial charge in [-0.15, -0.1) is 11.3 Å². The van der Waals surface area contributed by atoms with Crippen LogP contribution in [-0.2, 0) is 4.74 Å². The number of primary amides is 1.